The highest BCUT2D eigenvalue weighted by Crippen LogP contribution is 2.25. The lowest BCUT2D eigenvalue weighted by Gasteiger charge is -2.13. The molecule has 118 valence electrons. The van der Waals surface area contributed by atoms with E-state index in [9.17, 15) is 0 Å². The van der Waals surface area contributed by atoms with Gasteiger partial charge in [-0.25, -0.2) is 4.98 Å². The number of rotatable bonds is 5. The van der Waals surface area contributed by atoms with Gasteiger partial charge in [0.2, 0.25) is 0 Å². The van der Waals surface area contributed by atoms with Gasteiger partial charge >= 0.3 is 0 Å². The van der Waals surface area contributed by atoms with E-state index >= 15 is 0 Å². The van der Waals surface area contributed by atoms with Crippen LogP contribution in [0.4, 0.5) is 0 Å². The van der Waals surface area contributed by atoms with Gasteiger partial charge in [0.05, 0.1) is 12.0 Å². The van der Waals surface area contributed by atoms with Gasteiger partial charge in [0.1, 0.15) is 0 Å². The number of hydrogen-bond acceptors (Lipinski definition) is 1. The van der Waals surface area contributed by atoms with E-state index in [0.29, 0.717) is 5.92 Å². The molecule has 3 rings (SSSR count). The summed E-state index contributed by atoms with van der Waals surface area (Å²) >= 11 is 2.41. The van der Waals surface area contributed by atoms with Crippen LogP contribution in [-0.4, -0.2) is 9.55 Å². The van der Waals surface area contributed by atoms with Crippen molar-refractivity contribution in [1.82, 2.24) is 9.55 Å². The zero-order valence-electron chi connectivity index (χ0n) is 13.5. The fourth-order valence-electron chi connectivity index (χ4n) is 2.79. The Morgan fingerprint density at radius 2 is 1.70 bits per heavy atom. The summed E-state index contributed by atoms with van der Waals surface area (Å²) in [5.74, 6) is 0.600. The Bertz CT molecular complexity index is 775. The molecule has 0 fully saturated rings. The predicted molar refractivity (Wildman–Crippen MR) is 104 cm³/mol. The Balaban J connectivity index is 2.00. The molecule has 0 N–H and O–H groups in total. The number of nitrogens with zero attached hydrogens (tertiary/aromatic N) is 2. The zero-order chi connectivity index (χ0) is 16.2. The first-order valence-corrected chi connectivity index (χ1v) is 9.06. The summed E-state index contributed by atoms with van der Waals surface area (Å²) in [5, 5.41) is 0. The van der Waals surface area contributed by atoms with Crippen LogP contribution in [0.15, 0.2) is 60.9 Å². The maximum absolute atomic E-state index is 4.73. The van der Waals surface area contributed by atoms with E-state index in [1.54, 1.807) is 0 Å². The highest BCUT2D eigenvalue weighted by Gasteiger charge is 2.15. The summed E-state index contributed by atoms with van der Waals surface area (Å²) in [7, 11) is 0. The quantitative estimate of drug-likeness (QED) is 0.510. The molecular weight excluding hydrogens is 395 g/mol. The first-order valence-electron chi connectivity index (χ1n) is 7.98. The molecule has 1 heterocycles. The molecule has 2 nitrogen and oxygen atoms in total. The maximum atomic E-state index is 4.73. The molecule has 0 aliphatic heterocycles. The second-order valence-corrected chi connectivity index (χ2v) is 7.39. The molecule has 0 saturated heterocycles. The minimum absolute atomic E-state index is 0.600. The molecule has 2 aromatic carbocycles. The van der Waals surface area contributed by atoms with E-state index in [-0.39, 0.29) is 0 Å². The Labute approximate surface area is 151 Å². The fourth-order valence-corrected chi connectivity index (χ4v) is 3.35. The van der Waals surface area contributed by atoms with Gasteiger partial charge in [-0.3, -0.25) is 0 Å². The molecule has 23 heavy (non-hydrogen) atoms. The van der Waals surface area contributed by atoms with Gasteiger partial charge in [-0.2, -0.15) is 0 Å². The van der Waals surface area contributed by atoms with Gasteiger partial charge in [-0.15, -0.1) is 0 Å². The minimum Gasteiger partial charge on any atom is -0.329 e. The molecule has 0 radical (unpaired) electrons. The Hall–Kier alpha value is -1.62. The average Bonchev–Trinajstić information content (AvgIpc) is 2.92. The standard InChI is InChI=1S/C20H21IN2/c1-15(2)12-19-20(16-8-4-3-5-9-16)22-14-23(19)13-17-10-6-7-11-18(17)21/h3-11,14-15H,12-13H2,1-2H3. The summed E-state index contributed by atoms with van der Waals surface area (Å²) in [6.07, 6.45) is 3.02. The van der Waals surface area contributed by atoms with Gasteiger partial charge < -0.3 is 4.57 Å². The topological polar surface area (TPSA) is 17.8 Å². The van der Waals surface area contributed by atoms with Gasteiger partial charge in [0.25, 0.3) is 0 Å². The van der Waals surface area contributed by atoms with Gasteiger partial charge in [-0.05, 0) is 46.6 Å². The Morgan fingerprint density at radius 3 is 2.39 bits per heavy atom. The van der Waals surface area contributed by atoms with E-state index in [0.717, 1.165) is 18.7 Å². The van der Waals surface area contributed by atoms with Crippen molar-refractivity contribution in [3.63, 3.8) is 0 Å². The van der Waals surface area contributed by atoms with E-state index < -0.39 is 0 Å². The molecule has 0 spiro atoms. The lowest BCUT2D eigenvalue weighted by molar-refractivity contribution is 0.605. The minimum atomic E-state index is 0.600. The van der Waals surface area contributed by atoms with E-state index in [2.05, 4.69) is 95.6 Å². The van der Waals surface area contributed by atoms with Gasteiger partial charge in [-0.1, -0.05) is 62.4 Å². The van der Waals surface area contributed by atoms with Crippen LogP contribution in [0.5, 0.6) is 0 Å². The molecule has 0 saturated carbocycles. The van der Waals surface area contributed by atoms with Gasteiger partial charge in [0.15, 0.2) is 0 Å². The zero-order valence-corrected chi connectivity index (χ0v) is 15.7. The number of hydrogen-bond donors (Lipinski definition) is 0. The van der Waals surface area contributed by atoms with E-state index in [4.69, 9.17) is 4.98 Å². The average molecular weight is 416 g/mol. The molecule has 3 heteroatoms. The summed E-state index contributed by atoms with van der Waals surface area (Å²) in [6, 6.07) is 19.0. The van der Waals surface area contributed by atoms with Crippen molar-refractivity contribution in [1.29, 1.82) is 0 Å². The molecule has 0 amide bonds. The summed E-state index contributed by atoms with van der Waals surface area (Å²) in [4.78, 5) is 4.73. The van der Waals surface area contributed by atoms with E-state index in [1.807, 2.05) is 6.33 Å². The molecular formula is C20H21IN2. The number of aromatic nitrogens is 2. The SMILES string of the molecule is CC(C)Cc1c(-c2ccccc2)ncn1Cc1ccccc1I. The van der Waals surface area contributed by atoms with Crippen LogP contribution in [0.2, 0.25) is 0 Å². The molecule has 0 aliphatic carbocycles. The monoisotopic (exact) mass is 416 g/mol. The molecule has 0 unspecified atom stereocenters. The third-order valence-corrected chi connectivity index (χ3v) is 4.95. The lowest BCUT2D eigenvalue weighted by atomic mass is 10.0. The molecule has 0 bridgehead atoms. The van der Waals surface area contributed by atoms with Crippen LogP contribution in [0.1, 0.15) is 25.1 Å². The second kappa shape index (κ2) is 7.30. The summed E-state index contributed by atoms with van der Waals surface area (Å²) in [5.41, 5.74) is 4.98. The van der Waals surface area contributed by atoms with Crippen molar-refractivity contribution in [3.05, 3.63) is 75.8 Å². The summed E-state index contributed by atoms with van der Waals surface area (Å²) < 4.78 is 3.61. The number of benzene rings is 2. The van der Waals surface area contributed by atoms with Crippen LogP contribution in [-0.2, 0) is 13.0 Å². The third-order valence-electron chi connectivity index (χ3n) is 3.89. The van der Waals surface area contributed by atoms with Crippen LogP contribution in [0, 0.1) is 9.49 Å². The van der Waals surface area contributed by atoms with E-state index in [1.165, 1.54) is 20.4 Å². The fraction of sp³-hybridized carbons (Fsp3) is 0.250. The van der Waals surface area contributed by atoms with Crippen molar-refractivity contribution < 1.29 is 0 Å². The first-order chi connectivity index (χ1) is 11.1. The van der Waals surface area contributed by atoms with Crippen molar-refractivity contribution in [2.45, 2.75) is 26.8 Å². The molecule has 3 aromatic rings. The molecule has 0 atom stereocenters. The smallest absolute Gasteiger partial charge is 0.0959 e. The third kappa shape index (κ3) is 3.83. The molecule has 0 aliphatic rings. The predicted octanol–water partition coefficient (Wildman–Crippen LogP) is 5.40. The Morgan fingerprint density at radius 1 is 1.00 bits per heavy atom. The largest absolute Gasteiger partial charge is 0.329 e. The van der Waals surface area contributed by atoms with Crippen LogP contribution >= 0.6 is 22.6 Å². The van der Waals surface area contributed by atoms with Crippen molar-refractivity contribution in [2.24, 2.45) is 5.92 Å². The molecule has 1 aromatic heterocycles. The van der Waals surface area contributed by atoms with Crippen LogP contribution in [0.3, 0.4) is 0 Å². The lowest BCUT2D eigenvalue weighted by Crippen LogP contribution is -2.08. The van der Waals surface area contributed by atoms with Crippen molar-refractivity contribution in [3.8, 4) is 11.3 Å². The van der Waals surface area contributed by atoms with Crippen molar-refractivity contribution >= 4 is 22.6 Å². The first kappa shape index (κ1) is 16.2. The normalized spacial score (nSPS) is 11.1. The highest BCUT2D eigenvalue weighted by atomic mass is 127. The van der Waals surface area contributed by atoms with Crippen LogP contribution in [0.25, 0.3) is 11.3 Å². The highest BCUT2D eigenvalue weighted by molar-refractivity contribution is 14.1. The maximum Gasteiger partial charge on any atom is 0.0959 e. The number of imidazole rings is 1. The van der Waals surface area contributed by atoms with Gasteiger partial charge in [0, 0.05) is 21.4 Å². The second-order valence-electron chi connectivity index (χ2n) is 6.22. The summed E-state index contributed by atoms with van der Waals surface area (Å²) in [6.45, 7) is 5.40. The van der Waals surface area contributed by atoms with Crippen LogP contribution < -0.4 is 0 Å². The Kier molecular flexibility index (Phi) is 5.16. The number of halogens is 1. The van der Waals surface area contributed by atoms with Crippen molar-refractivity contribution in [2.75, 3.05) is 0 Å².